The SMILES string of the molecule is COc1ccc(C2(C(=O)Oc3ccccc3)CCCCC2)cc1. The van der Waals surface area contributed by atoms with Gasteiger partial charge in [0.25, 0.3) is 0 Å². The summed E-state index contributed by atoms with van der Waals surface area (Å²) in [6.07, 6.45) is 4.96. The maximum atomic E-state index is 13.0. The molecule has 0 amide bonds. The molecule has 1 saturated carbocycles. The summed E-state index contributed by atoms with van der Waals surface area (Å²) in [4.78, 5) is 13.0. The van der Waals surface area contributed by atoms with Crippen molar-refractivity contribution in [1.29, 1.82) is 0 Å². The molecule has 0 radical (unpaired) electrons. The molecule has 1 fully saturated rings. The highest BCUT2D eigenvalue weighted by Gasteiger charge is 2.42. The topological polar surface area (TPSA) is 35.5 Å². The molecule has 0 atom stereocenters. The summed E-state index contributed by atoms with van der Waals surface area (Å²) >= 11 is 0. The van der Waals surface area contributed by atoms with E-state index in [-0.39, 0.29) is 5.97 Å². The predicted molar refractivity (Wildman–Crippen MR) is 89.8 cm³/mol. The fourth-order valence-corrected chi connectivity index (χ4v) is 3.37. The standard InChI is InChI=1S/C20H22O3/c1-22-17-12-10-16(11-13-17)20(14-6-3-7-15-20)19(21)23-18-8-4-2-5-9-18/h2,4-5,8-13H,3,6-7,14-15H2,1H3. The summed E-state index contributed by atoms with van der Waals surface area (Å²) < 4.78 is 10.9. The third kappa shape index (κ3) is 3.24. The fraction of sp³-hybridized carbons (Fsp3) is 0.350. The van der Waals surface area contributed by atoms with Crippen molar-refractivity contribution in [3.05, 3.63) is 60.2 Å². The average Bonchev–Trinajstić information content (AvgIpc) is 2.63. The molecule has 0 N–H and O–H groups in total. The van der Waals surface area contributed by atoms with Crippen LogP contribution in [-0.2, 0) is 10.2 Å². The molecule has 120 valence electrons. The summed E-state index contributed by atoms with van der Waals surface area (Å²) in [7, 11) is 1.65. The number of esters is 1. The highest BCUT2D eigenvalue weighted by atomic mass is 16.5. The van der Waals surface area contributed by atoms with Crippen LogP contribution in [0.4, 0.5) is 0 Å². The number of carbonyl (C=O) groups excluding carboxylic acids is 1. The fourth-order valence-electron chi connectivity index (χ4n) is 3.37. The van der Waals surface area contributed by atoms with Crippen molar-refractivity contribution < 1.29 is 14.3 Å². The largest absolute Gasteiger partial charge is 0.497 e. The summed E-state index contributed by atoms with van der Waals surface area (Å²) in [5.74, 6) is 1.26. The lowest BCUT2D eigenvalue weighted by Gasteiger charge is -2.35. The van der Waals surface area contributed by atoms with Crippen LogP contribution in [0.25, 0.3) is 0 Å². The van der Waals surface area contributed by atoms with Crippen LogP contribution in [-0.4, -0.2) is 13.1 Å². The van der Waals surface area contributed by atoms with Gasteiger partial charge in [-0.2, -0.15) is 0 Å². The normalized spacial score (nSPS) is 16.6. The van der Waals surface area contributed by atoms with Gasteiger partial charge in [0.2, 0.25) is 0 Å². The van der Waals surface area contributed by atoms with Gasteiger partial charge in [0, 0.05) is 0 Å². The second-order valence-electron chi connectivity index (χ2n) is 6.07. The van der Waals surface area contributed by atoms with E-state index in [1.807, 2.05) is 54.6 Å². The second kappa shape index (κ2) is 6.86. The molecule has 3 rings (SSSR count). The first-order chi connectivity index (χ1) is 11.2. The molecule has 1 aliphatic rings. The number of carbonyl (C=O) groups is 1. The Kier molecular flexibility index (Phi) is 4.65. The average molecular weight is 310 g/mol. The first-order valence-corrected chi connectivity index (χ1v) is 8.16. The van der Waals surface area contributed by atoms with E-state index in [0.717, 1.165) is 37.0 Å². The summed E-state index contributed by atoms with van der Waals surface area (Å²) in [6.45, 7) is 0. The third-order valence-corrected chi connectivity index (χ3v) is 4.69. The number of hydrogen-bond acceptors (Lipinski definition) is 3. The van der Waals surface area contributed by atoms with Crippen molar-refractivity contribution in [3.8, 4) is 11.5 Å². The summed E-state index contributed by atoms with van der Waals surface area (Å²) in [5, 5.41) is 0. The van der Waals surface area contributed by atoms with Gasteiger partial charge in [-0.3, -0.25) is 4.79 Å². The highest BCUT2D eigenvalue weighted by Crippen LogP contribution is 2.41. The summed E-state index contributed by atoms with van der Waals surface area (Å²) in [6, 6.07) is 17.1. The van der Waals surface area contributed by atoms with Crippen LogP contribution in [0.15, 0.2) is 54.6 Å². The van der Waals surface area contributed by atoms with Crippen molar-refractivity contribution >= 4 is 5.97 Å². The van der Waals surface area contributed by atoms with Gasteiger partial charge >= 0.3 is 5.97 Å². The molecule has 0 saturated heterocycles. The molecular weight excluding hydrogens is 288 g/mol. The van der Waals surface area contributed by atoms with Gasteiger partial charge < -0.3 is 9.47 Å². The zero-order valence-corrected chi connectivity index (χ0v) is 13.5. The monoisotopic (exact) mass is 310 g/mol. The van der Waals surface area contributed by atoms with Crippen LogP contribution < -0.4 is 9.47 Å². The first kappa shape index (κ1) is 15.6. The highest BCUT2D eigenvalue weighted by molar-refractivity contribution is 5.85. The van der Waals surface area contributed by atoms with E-state index in [1.165, 1.54) is 6.42 Å². The lowest BCUT2D eigenvalue weighted by atomic mass is 9.69. The molecule has 0 bridgehead atoms. The van der Waals surface area contributed by atoms with Crippen molar-refractivity contribution in [2.24, 2.45) is 0 Å². The van der Waals surface area contributed by atoms with Crippen molar-refractivity contribution in [2.45, 2.75) is 37.5 Å². The lowest BCUT2D eigenvalue weighted by molar-refractivity contribution is -0.142. The lowest BCUT2D eigenvalue weighted by Crippen LogP contribution is -2.41. The number of para-hydroxylation sites is 1. The van der Waals surface area contributed by atoms with E-state index >= 15 is 0 Å². The molecular formula is C20H22O3. The Labute approximate surface area is 137 Å². The van der Waals surface area contributed by atoms with E-state index in [9.17, 15) is 4.79 Å². The number of benzene rings is 2. The zero-order valence-electron chi connectivity index (χ0n) is 13.5. The van der Waals surface area contributed by atoms with Gasteiger partial charge in [0.05, 0.1) is 12.5 Å². The van der Waals surface area contributed by atoms with E-state index in [2.05, 4.69) is 0 Å². The maximum Gasteiger partial charge on any atom is 0.321 e. The van der Waals surface area contributed by atoms with E-state index < -0.39 is 5.41 Å². The van der Waals surface area contributed by atoms with Crippen LogP contribution in [0.2, 0.25) is 0 Å². The molecule has 0 aromatic heterocycles. The minimum atomic E-state index is -0.541. The smallest absolute Gasteiger partial charge is 0.321 e. The minimum Gasteiger partial charge on any atom is -0.497 e. The predicted octanol–water partition coefficient (Wildman–Crippen LogP) is 4.50. The number of methoxy groups -OCH3 is 1. The molecule has 0 aliphatic heterocycles. The molecule has 0 heterocycles. The van der Waals surface area contributed by atoms with Crippen molar-refractivity contribution in [2.75, 3.05) is 7.11 Å². The van der Waals surface area contributed by atoms with Crippen LogP contribution in [0.1, 0.15) is 37.7 Å². The number of rotatable bonds is 4. The Hall–Kier alpha value is -2.29. The zero-order chi connectivity index (χ0) is 16.1. The Morgan fingerprint density at radius 3 is 2.13 bits per heavy atom. The van der Waals surface area contributed by atoms with Crippen LogP contribution in [0.5, 0.6) is 11.5 Å². The molecule has 0 spiro atoms. The number of ether oxygens (including phenoxy) is 2. The van der Waals surface area contributed by atoms with Gasteiger partial charge in [-0.15, -0.1) is 0 Å². The van der Waals surface area contributed by atoms with Crippen LogP contribution >= 0.6 is 0 Å². The Bertz CT molecular complexity index is 640. The molecule has 1 aliphatic carbocycles. The van der Waals surface area contributed by atoms with E-state index in [4.69, 9.17) is 9.47 Å². The van der Waals surface area contributed by atoms with Crippen LogP contribution in [0.3, 0.4) is 0 Å². The molecule has 3 heteroatoms. The van der Waals surface area contributed by atoms with Gasteiger partial charge in [-0.1, -0.05) is 49.6 Å². The summed E-state index contributed by atoms with van der Waals surface area (Å²) in [5.41, 5.74) is 0.485. The first-order valence-electron chi connectivity index (χ1n) is 8.16. The molecule has 2 aromatic rings. The third-order valence-electron chi connectivity index (χ3n) is 4.69. The van der Waals surface area contributed by atoms with E-state index in [0.29, 0.717) is 5.75 Å². The van der Waals surface area contributed by atoms with Gasteiger partial charge in [0.1, 0.15) is 11.5 Å². The quantitative estimate of drug-likeness (QED) is 0.616. The van der Waals surface area contributed by atoms with Gasteiger partial charge in [-0.25, -0.2) is 0 Å². The maximum absolute atomic E-state index is 13.0. The van der Waals surface area contributed by atoms with Crippen molar-refractivity contribution in [3.63, 3.8) is 0 Å². The molecule has 2 aromatic carbocycles. The molecule has 3 nitrogen and oxygen atoms in total. The van der Waals surface area contributed by atoms with Gasteiger partial charge in [0.15, 0.2) is 0 Å². The molecule has 23 heavy (non-hydrogen) atoms. The molecule has 0 unspecified atom stereocenters. The van der Waals surface area contributed by atoms with Gasteiger partial charge in [-0.05, 0) is 42.7 Å². The Balaban J connectivity index is 1.90. The van der Waals surface area contributed by atoms with Crippen LogP contribution in [0, 0.1) is 0 Å². The Morgan fingerprint density at radius 2 is 1.52 bits per heavy atom. The Morgan fingerprint density at radius 1 is 0.870 bits per heavy atom. The second-order valence-corrected chi connectivity index (χ2v) is 6.07. The number of hydrogen-bond donors (Lipinski definition) is 0. The van der Waals surface area contributed by atoms with Crippen molar-refractivity contribution in [1.82, 2.24) is 0 Å². The van der Waals surface area contributed by atoms with E-state index in [1.54, 1.807) is 7.11 Å². The minimum absolute atomic E-state index is 0.145.